The first kappa shape index (κ1) is 10.7. The Morgan fingerprint density at radius 3 is 3.00 bits per heavy atom. The zero-order valence-corrected chi connectivity index (χ0v) is 9.80. The summed E-state index contributed by atoms with van der Waals surface area (Å²) in [4.78, 5) is 4.36. The predicted octanol–water partition coefficient (Wildman–Crippen LogP) is 3.21. The summed E-state index contributed by atoms with van der Waals surface area (Å²) in [5.74, 6) is 2.33. The second-order valence-electron chi connectivity index (χ2n) is 4.32. The van der Waals surface area contributed by atoms with Gasteiger partial charge >= 0.3 is 0 Å². The lowest BCUT2D eigenvalue weighted by atomic mass is 10.1. The lowest BCUT2D eigenvalue weighted by Crippen LogP contribution is -2.25. The van der Waals surface area contributed by atoms with Crippen molar-refractivity contribution in [2.24, 2.45) is 5.92 Å². The van der Waals surface area contributed by atoms with E-state index in [2.05, 4.69) is 16.4 Å². The molecule has 0 aromatic carbocycles. The van der Waals surface area contributed by atoms with E-state index in [0.29, 0.717) is 12.0 Å². The largest absolute Gasteiger partial charge is 0.367 e. The Morgan fingerprint density at radius 1 is 1.47 bits per heavy atom. The SMILES string of the molecule is Cc1ccc(NC2CCCC2CCl)nc1. The van der Waals surface area contributed by atoms with E-state index >= 15 is 0 Å². The van der Waals surface area contributed by atoms with Gasteiger partial charge in [-0.15, -0.1) is 11.6 Å². The molecule has 0 bridgehead atoms. The van der Waals surface area contributed by atoms with Crippen molar-refractivity contribution in [3.05, 3.63) is 23.9 Å². The molecule has 2 unspecified atom stereocenters. The monoisotopic (exact) mass is 224 g/mol. The maximum absolute atomic E-state index is 5.93. The molecule has 0 amide bonds. The number of anilines is 1. The van der Waals surface area contributed by atoms with Gasteiger partial charge in [0.2, 0.25) is 0 Å². The summed E-state index contributed by atoms with van der Waals surface area (Å²) >= 11 is 5.93. The van der Waals surface area contributed by atoms with E-state index in [4.69, 9.17) is 11.6 Å². The Morgan fingerprint density at radius 2 is 2.33 bits per heavy atom. The lowest BCUT2D eigenvalue weighted by molar-refractivity contribution is 0.561. The van der Waals surface area contributed by atoms with Crippen molar-refractivity contribution in [2.75, 3.05) is 11.2 Å². The average Bonchev–Trinajstić information content (AvgIpc) is 2.69. The van der Waals surface area contributed by atoms with E-state index in [9.17, 15) is 0 Å². The molecular weight excluding hydrogens is 208 g/mol. The summed E-state index contributed by atoms with van der Waals surface area (Å²) in [6.45, 7) is 2.05. The van der Waals surface area contributed by atoms with Crippen LogP contribution >= 0.6 is 11.6 Å². The molecule has 0 saturated heterocycles. The fourth-order valence-corrected chi connectivity index (χ4v) is 2.52. The van der Waals surface area contributed by atoms with Crippen LogP contribution in [0.4, 0.5) is 5.82 Å². The number of nitrogens with one attached hydrogen (secondary N) is 1. The zero-order chi connectivity index (χ0) is 10.7. The number of pyridine rings is 1. The highest BCUT2D eigenvalue weighted by Crippen LogP contribution is 2.28. The molecule has 1 aromatic rings. The first-order valence-electron chi connectivity index (χ1n) is 5.55. The molecule has 2 nitrogen and oxygen atoms in total. The zero-order valence-electron chi connectivity index (χ0n) is 9.04. The molecule has 2 atom stereocenters. The molecule has 1 aliphatic rings. The molecule has 0 spiro atoms. The summed E-state index contributed by atoms with van der Waals surface area (Å²) in [5, 5.41) is 3.47. The Kier molecular flexibility index (Phi) is 3.47. The maximum Gasteiger partial charge on any atom is 0.126 e. The molecule has 1 saturated carbocycles. The smallest absolute Gasteiger partial charge is 0.126 e. The van der Waals surface area contributed by atoms with Crippen LogP contribution in [0.1, 0.15) is 24.8 Å². The van der Waals surface area contributed by atoms with Gasteiger partial charge in [0, 0.05) is 18.1 Å². The highest BCUT2D eigenvalue weighted by Gasteiger charge is 2.26. The number of aryl methyl sites for hydroxylation is 1. The molecule has 0 aliphatic heterocycles. The topological polar surface area (TPSA) is 24.9 Å². The summed E-state index contributed by atoms with van der Waals surface area (Å²) in [6.07, 6.45) is 5.63. The van der Waals surface area contributed by atoms with Gasteiger partial charge in [0.25, 0.3) is 0 Å². The maximum atomic E-state index is 5.93. The van der Waals surface area contributed by atoms with E-state index < -0.39 is 0 Å². The average molecular weight is 225 g/mol. The van der Waals surface area contributed by atoms with Crippen molar-refractivity contribution in [1.82, 2.24) is 4.98 Å². The van der Waals surface area contributed by atoms with Gasteiger partial charge in [-0.05, 0) is 37.3 Å². The Hall–Kier alpha value is -0.760. The number of rotatable bonds is 3. The number of alkyl halides is 1. The van der Waals surface area contributed by atoms with Gasteiger partial charge in [0.1, 0.15) is 5.82 Å². The molecule has 2 rings (SSSR count). The van der Waals surface area contributed by atoms with E-state index in [1.807, 2.05) is 19.2 Å². The number of hydrogen-bond donors (Lipinski definition) is 1. The van der Waals surface area contributed by atoms with Crippen LogP contribution in [-0.2, 0) is 0 Å². The van der Waals surface area contributed by atoms with Crippen LogP contribution in [0.15, 0.2) is 18.3 Å². The number of aromatic nitrogens is 1. The van der Waals surface area contributed by atoms with Crippen molar-refractivity contribution in [3.63, 3.8) is 0 Å². The van der Waals surface area contributed by atoms with E-state index in [1.54, 1.807) is 0 Å². The van der Waals surface area contributed by atoms with E-state index in [-0.39, 0.29) is 0 Å². The van der Waals surface area contributed by atoms with E-state index in [1.165, 1.54) is 24.8 Å². The normalized spacial score (nSPS) is 25.5. The minimum absolute atomic E-state index is 0.512. The first-order chi connectivity index (χ1) is 7.29. The highest BCUT2D eigenvalue weighted by molar-refractivity contribution is 6.18. The van der Waals surface area contributed by atoms with Crippen molar-refractivity contribution in [1.29, 1.82) is 0 Å². The predicted molar refractivity (Wildman–Crippen MR) is 64.4 cm³/mol. The third-order valence-electron chi connectivity index (χ3n) is 3.10. The third kappa shape index (κ3) is 2.63. The fourth-order valence-electron chi connectivity index (χ4n) is 2.15. The molecule has 0 radical (unpaired) electrons. The molecule has 1 aliphatic carbocycles. The van der Waals surface area contributed by atoms with Gasteiger partial charge in [0.05, 0.1) is 0 Å². The fraction of sp³-hybridized carbons (Fsp3) is 0.583. The molecule has 3 heteroatoms. The van der Waals surface area contributed by atoms with Crippen molar-refractivity contribution in [2.45, 2.75) is 32.2 Å². The lowest BCUT2D eigenvalue weighted by Gasteiger charge is -2.19. The molecule has 82 valence electrons. The third-order valence-corrected chi connectivity index (χ3v) is 3.50. The summed E-state index contributed by atoms with van der Waals surface area (Å²) in [5.41, 5.74) is 1.20. The molecular formula is C12H17ClN2. The van der Waals surface area contributed by atoms with Crippen LogP contribution in [-0.4, -0.2) is 16.9 Å². The van der Waals surface area contributed by atoms with E-state index in [0.717, 1.165) is 11.7 Å². The van der Waals surface area contributed by atoms with Crippen LogP contribution in [0.25, 0.3) is 0 Å². The quantitative estimate of drug-likeness (QED) is 0.798. The van der Waals surface area contributed by atoms with Crippen LogP contribution in [0.5, 0.6) is 0 Å². The summed E-state index contributed by atoms with van der Waals surface area (Å²) in [7, 11) is 0. The van der Waals surface area contributed by atoms with Crippen LogP contribution in [0.3, 0.4) is 0 Å². The number of hydrogen-bond acceptors (Lipinski definition) is 2. The van der Waals surface area contributed by atoms with Crippen LogP contribution in [0, 0.1) is 12.8 Å². The molecule has 15 heavy (non-hydrogen) atoms. The second kappa shape index (κ2) is 4.84. The summed E-state index contributed by atoms with van der Waals surface area (Å²) in [6, 6.07) is 4.64. The van der Waals surface area contributed by atoms with Gasteiger partial charge in [0.15, 0.2) is 0 Å². The molecule has 1 N–H and O–H groups in total. The molecule has 1 fully saturated rings. The Bertz CT molecular complexity index is 310. The number of halogens is 1. The summed E-state index contributed by atoms with van der Waals surface area (Å²) < 4.78 is 0. The Labute approximate surface area is 96.1 Å². The standard InChI is InChI=1S/C12H17ClN2/c1-9-5-6-12(14-8-9)15-11-4-2-3-10(11)7-13/h5-6,8,10-11H,2-4,7H2,1H3,(H,14,15). The number of nitrogens with zero attached hydrogens (tertiary/aromatic N) is 1. The van der Waals surface area contributed by atoms with Crippen molar-refractivity contribution in [3.8, 4) is 0 Å². The first-order valence-corrected chi connectivity index (χ1v) is 6.08. The minimum Gasteiger partial charge on any atom is -0.367 e. The van der Waals surface area contributed by atoms with Gasteiger partial charge in [-0.1, -0.05) is 12.5 Å². The van der Waals surface area contributed by atoms with Gasteiger partial charge < -0.3 is 5.32 Å². The minimum atomic E-state index is 0.512. The van der Waals surface area contributed by atoms with Gasteiger partial charge in [-0.25, -0.2) is 4.98 Å². The Balaban J connectivity index is 1.99. The molecule has 1 heterocycles. The second-order valence-corrected chi connectivity index (χ2v) is 4.63. The van der Waals surface area contributed by atoms with Gasteiger partial charge in [-0.2, -0.15) is 0 Å². The van der Waals surface area contributed by atoms with Crippen LogP contribution < -0.4 is 5.32 Å². The van der Waals surface area contributed by atoms with Crippen molar-refractivity contribution >= 4 is 17.4 Å². The van der Waals surface area contributed by atoms with Crippen molar-refractivity contribution < 1.29 is 0 Å². The van der Waals surface area contributed by atoms with Crippen LogP contribution in [0.2, 0.25) is 0 Å². The highest BCUT2D eigenvalue weighted by atomic mass is 35.5. The molecule has 1 aromatic heterocycles. The van der Waals surface area contributed by atoms with Gasteiger partial charge in [-0.3, -0.25) is 0 Å².